The molecule has 0 aromatic heterocycles. The molecule has 1 N–H and O–H groups in total. The van der Waals surface area contributed by atoms with Crippen molar-refractivity contribution >= 4 is 21.6 Å². The van der Waals surface area contributed by atoms with E-state index in [1.54, 1.807) is 18.2 Å². The molecule has 94 valence electrons. The Kier molecular flexibility index (Phi) is 3.73. The summed E-state index contributed by atoms with van der Waals surface area (Å²) in [5.41, 5.74) is 0. The van der Waals surface area contributed by atoms with Gasteiger partial charge in [-0.2, -0.15) is 4.31 Å². The molecule has 1 heterocycles. The van der Waals surface area contributed by atoms with E-state index in [9.17, 15) is 13.5 Å². The Morgan fingerprint density at radius 2 is 2.06 bits per heavy atom. The van der Waals surface area contributed by atoms with Crippen LogP contribution >= 0.6 is 11.6 Å². The second-order valence-corrected chi connectivity index (χ2v) is 6.40. The number of hydrogen-bond acceptors (Lipinski definition) is 3. The van der Waals surface area contributed by atoms with Gasteiger partial charge < -0.3 is 5.11 Å². The van der Waals surface area contributed by atoms with E-state index in [0.717, 1.165) is 0 Å². The fraction of sp³-hybridized carbons (Fsp3) is 0.455. The lowest BCUT2D eigenvalue weighted by Crippen LogP contribution is -2.42. The molecule has 0 spiro atoms. The van der Waals surface area contributed by atoms with Crippen LogP contribution in [0.15, 0.2) is 29.2 Å². The summed E-state index contributed by atoms with van der Waals surface area (Å²) >= 11 is 5.90. The highest BCUT2D eigenvalue weighted by molar-refractivity contribution is 7.89. The summed E-state index contributed by atoms with van der Waals surface area (Å²) in [5, 5.41) is 9.74. The maximum Gasteiger partial charge on any atom is 0.244 e. The molecule has 1 fully saturated rings. The summed E-state index contributed by atoms with van der Waals surface area (Å²) in [5.74, 6) is 0. The first-order valence-electron chi connectivity index (χ1n) is 5.44. The van der Waals surface area contributed by atoms with E-state index in [1.807, 2.05) is 0 Å². The summed E-state index contributed by atoms with van der Waals surface area (Å²) in [6.45, 7) is 0.582. The van der Waals surface area contributed by atoms with Gasteiger partial charge in [0.15, 0.2) is 0 Å². The zero-order valence-electron chi connectivity index (χ0n) is 9.21. The Morgan fingerprint density at radius 3 is 2.71 bits per heavy atom. The summed E-state index contributed by atoms with van der Waals surface area (Å²) in [7, 11) is -3.58. The number of aliphatic hydroxyl groups is 1. The van der Waals surface area contributed by atoms with E-state index in [1.165, 1.54) is 10.4 Å². The van der Waals surface area contributed by atoms with Gasteiger partial charge in [-0.3, -0.25) is 0 Å². The highest BCUT2D eigenvalue weighted by Crippen LogP contribution is 2.26. The minimum Gasteiger partial charge on any atom is -0.392 e. The molecular weight excluding hydrogens is 262 g/mol. The Bertz CT molecular complexity index is 503. The molecule has 0 saturated carbocycles. The molecule has 2 rings (SSSR count). The van der Waals surface area contributed by atoms with Crippen LogP contribution < -0.4 is 0 Å². The van der Waals surface area contributed by atoms with Crippen molar-refractivity contribution in [3.63, 3.8) is 0 Å². The van der Waals surface area contributed by atoms with Gasteiger partial charge in [0, 0.05) is 13.1 Å². The van der Waals surface area contributed by atoms with Crippen molar-refractivity contribution in [2.24, 2.45) is 0 Å². The van der Waals surface area contributed by atoms with Crippen molar-refractivity contribution in [1.29, 1.82) is 0 Å². The largest absolute Gasteiger partial charge is 0.392 e. The first-order chi connectivity index (χ1) is 8.01. The molecule has 0 bridgehead atoms. The number of aliphatic hydroxyl groups excluding tert-OH is 1. The summed E-state index contributed by atoms with van der Waals surface area (Å²) in [4.78, 5) is 0.107. The summed E-state index contributed by atoms with van der Waals surface area (Å²) < 4.78 is 25.9. The second-order valence-electron chi connectivity index (χ2n) is 4.09. The quantitative estimate of drug-likeness (QED) is 0.890. The number of hydrogen-bond donors (Lipinski definition) is 1. The zero-order valence-corrected chi connectivity index (χ0v) is 10.8. The second kappa shape index (κ2) is 4.94. The van der Waals surface area contributed by atoms with E-state index in [2.05, 4.69) is 0 Å². The van der Waals surface area contributed by atoms with Gasteiger partial charge in [0.2, 0.25) is 10.0 Å². The van der Waals surface area contributed by atoms with Gasteiger partial charge in [-0.1, -0.05) is 23.7 Å². The molecule has 1 unspecified atom stereocenters. The van der Waals surface area contributed by atoms with Crippen molar-refractivity contribution in [3.8, 4) is 0 Å². The number of sulfonamides is 1. The van der Waals surface area contributed by atoms with Crippen LogP contribution in [-0.2, 0) is 10.0 Å². The fourth-order valence-corrected chi connectivity index (χ4v) is 3.94. The molecule has 1 aliphatic rings. The van der Waals surface area contributed by atoms with Crippen LogP contribution in [-0.4, -0.2) is 37.0 Å². The number of benzene rings is 1. The SMILES string of the molecule is O=S(=O)(c1ccccc1Cl)N1CCCC(O)C1. The lowest BCUT2D eigenvalue weighted by molar-refractivity contribution is 0.108. The van der Waals surface area contributed by atoms with E-state index >= 15 is 0 Å². The molecule has 0 amide bonds. The molecule has 1 saturated heterocycles. The van der Waals surface area contributed by atoms with Crippen LogP contribution in [0.2, 0.25) is 5.02 Å². The van der Waals surface area contributed by atoms with Crippen LogP contribution in [0.25, 0.3) is 0 Å². The van der Waals surface area contributed by atoms with E-state index < -0.39 is 16.1 Å². The smallest absolute Gasteiger partial charge is 0.244 e. The van der Waals surface area contributed by atoms with Crippen LogP contribution in [0.3, 0.4) is 0 Å². The Hall–Kier alpha value is -0.620. The minimum absolute atomic E-state index is 0.107. The van der Waals surface area contributed by atoms with Crippen molar-refractivity contribution in [2.45, 2.75) is 23.8 Å². The van der Waals surface area contributed by atoms with Gasteiger partial charge in [-0.15, -0.1) is 0 Å². The van der Waals surface area contributed by atoms with Crippen molar-refractivity contribution in [1.82, 2.24) is 4.31 Å². The van der Waals surface area contributed by atoms with Crippen LogP contribution in [0.1, 0.15) is 12.8 Å². The number of piperidine rings is 1. The Morgan fingerprint density at radius 1 is 1.35 bits per heavy atom. The Labute approximate surface area is 106 Å². The van der Waals surface area contributed by atoms with Crippen molar-refractivity contribution < 1.29 is 13.5 Å². The molecule has 17 heavy (non-hydrogen) atoms. The molecule has 1 aliphatic heterocycles. The summed E-state index contributed by atoms with van der Waals surface area (Å²) in [6.07, 6.45) is 0.736. The van der Waals surface area contributed by atoms with Gasteiger partial charge in [0.05, 0.1) is 11.1 Å². The number of β-amino-alcohol motifs (C(OH)–C–C–N with tert-alkyl or cyclic N) is 1. The number of nitrogens with zero attached hydrogens (tertiary/aromatic N) is 1. The number of rotatable bonds is 2. The highest BCUT2D eigenvalue weighted by Gasteiger charge is 2.30. The van der Waals surface area contributed by atoms with E-state index in [-0.39, 0.29) is 16.5 Å². The topological polar surface area (TPSA) is 57.6 Å². The molecule has 1 atom stereocenters. The minimum atomic E-state index is -3.58. The fourth-order valence-electron chi connectivity index (χ4n) is 1.93. The molecule has 0 aliphatic carbocycles. The van der Waals surface area contributed by atoms with Gasteiger partial charge in [0.25, 0.3) is 0 Å². The standard InChI is InChI=1S/C11H14ClNO3S/c12-10-5-1-2-6-11(10)17(15,16)13-7-3-4-9(14)8-13/h1-2,5-6,9,14H,3-4,7-8H2. The molecule has 4 nitrogen and oxygen atoms in total. The van der Waals surface area contributed by atoms with Gasteiger partial charge in [0.1, 0.15) is 4.90 Å². The maximum absolute atomic E-state index is 12.3. The highest BCUT2D eigenvalue weighted by atomic mass is 35.5. The van der Waals surface area contributed by atoms with E-state index in [4.69, 9.17) is 11.6 Å². The van der Waals surface area contributed by atoms with Gasteiger partial charge in [-0.05, 0) is 25.0 Å². The first kappa shape index (κ1) is 12.8. The predicted molar refractivity (Wildman–Crippen MR) is 65.5 cm³/mol. The monoisotopic (exact) mass is 275 g/mol. The van der Waals surface area contributed by atoms with Crippen LogP contribution in [0.5, 0.6) is 0 Å². The van der Waals surface area contributed by atoms with E-state index in [0.29, 0.717) is 19.4 Å². The van der Waals surface area contributed by atoms with Crippen molar-refractivity contribution in [2.75, 3.05) is 13.1 Å². The molecule has 1 aromatic carbocycles. The summed E-state index contributed by atoms with van der Waals surface area (Å²) in [6, 6.07) is 6.36. The molecule has 6 heteroatoms. The lowest BCUT2D eigenvalue weighted by Gasteiger charge is -2.29. The zero-order chi connectivity index (χ0) is 12.5. The van der Waals surface area contributed by atoms with Gasteiger partial charge in [-0.25, -0.2) is 8.42 Å². The third-order valence-corrected chi connectivity index (χ3v) is 5.18. The van der Waals surface area contributed by atoms with Crippen LogP contribution in [0.4, 0.5) is 0 Å². The molecule has 1 aromatic rings. The predicted octanol–water partition coefficient (Wildman–Crippen LogP) is 1.49. The molecular formula is C11H14ClNO3S. The average Bonchev–Trinajstić information content (AvgIpc) is 2.29. The normalized spacial score (nSPS) is 22.6. The van der Waals surface area contributed by atoms with Crippen LogP contribution in [0, 0.1) is 0 Å². The Balaban J connectivity index is 2.33. The third kappa shape index (κ3) is 2.63. The average molecular weight is 276 g/mol. The third-order valence-electron chi connectivity index (χ3n) is 2.81. The first-order valence-corrected chi connectivity index (χ1v) is 7.26. The number of halogens is 1. The maximum atomic E-state index is 12.3. The van der Waals surface area contributed by atoms with Crippen molar-refractivity contribution in [3.05, 3.63) is 29.3 Å². The van der Waals surface area contributed by atoms with Gasteiger partial charge >= 0.3 is 0 Å². The lowest BCUT2D eigenvalue weighted by atomic mass is 10.1. The molecule has 0 radical (unpaired) electrons.